The van der Waals surface area contributed by atoms with E-state index in [1.807, 2.05) is 19.9 Å². The summed E-state index contributed by atoms with van der Waals surface area (Å²) in [7, 11) is 1.40. The number of hydrogen-bond acceptors (Lipinski definition) is 3. The van der Waals surface area contributed by atoms with Crippen molar-refractivity contribution in [1.82, 2.24) is 5.32 Å². The zero-order chi connectivity index (χ0) is 16.3. The molecule has 0 fully saturated rings. The van der Waals surface area contributed by atoms with E-state index in [1.165, 1.54) is 7.05 Å². The molecule has 0 saturated carbocycles. The molecule has 118 valence electrons. The number of nitrogens with one attached hydrogen (secondary N) is 2. The third-order valence-electron chi connectivity index (χ3n) is 3.66. The Kier molecular flexibility index (Phi) is 4.80. The minimum absolute atomic E-state index is 0.0655. The Morgan fingerprint density at radius 3 is 2.55 bits per heavy atom. The monoisotopic (exact) mass is 303 g/mol. The Morgan fingerprint density at radius 1 is 1.18 bits per heavy atom. The largest absolute Gasteiger partial charge is 0.351 e. The van der Waals surface area contributed by atoms with E-state index in [2.05, 4.69) is 10.6 Å². The van der Waals surface area contributed by atoms with E-state index >= 15 is 0 Å². The first-order chi connectivity index (χ1) is 10.4. The van der Waals surface area contributed by atoms with Gasteiger partial charge in [0.1, 0.15) is 0 Å². The third-order valence-corrected chi connectivity index (χ3v) is 3.66. The topological polar surface area (TPSA) is 78.5 Å². The summed E-state index contributed by atoms with van der Waals surface area (Å²) in [4.78, 5) is 37.0. The molecule has 0 saturated heterocycles. The van der Waals surface area contributed by atoms with Gasteiger partial charge in [-0.05, 0) is 30.5 Å². The van der Waals surface area contributed by atoms with Crippen molar-refractivity contribution in [3.63, 3.8) is 0 Å². The van der Waals surface area contributed by atoms with E-state index in [9.17, 15) is 14.4 Å². The van der Waals surface area contributed by atoms with Crippen LogP contribution in [0.3, 0.4) is 0 Å². The predicted molar refractivity (Wildman–Crippen MR) is 84.7 cm³/mol. The summed E-state index contributed by atoms with van der Waals surface area (Å²) in [5, 5.41) is 4.82. The summed E-state index contributed by atoms with van der Waals surface area (Å²) in [6.07, 6.45) is 1.83. The molecule has 0 aliphatic carbocycles. The minimum Gasteiger partial charge on any atom is -0.351 e. The first kappa shape index (κ1) is 16.0. The van der Waals surface area contributed by atoms with Crippen molar-refractivity contribution in [2.24, 2.45) is 5.92 Å². The molecule has 1 aromatic rings. The number of anilines is 2. The Balaban J connectivity index is 2.28. The summed E-state index contributed by atoms with van der Waals surface area (Å²) in [6.45, 7) is 4.42. The van der Waals surface area contributed by atoms with Crippen molar-refractivity contribution >= 4 is 29.1 Å². The maximum atomic E-state index is 12.3. The van der Waals surface area contributed by atoms with Gasteiger partial charge in [-0.3, -0.25) is 14.4 Å². The molecule has 0 radical (unpaired) electrons. The summed E-state index contributed by atoms with van der Waals surface area (Å²) < 4.78 is 0. The SMILES string of the molecule is CNC(=O)C(=O)Nc1ccc2c(c1)N(C(=O)C(C)C)CCC2. The summed E-state index contributed by atoms with van der Waals surface area (Å²) >= 11 is 0. The molecule has 0 bridgehead atoms. The molecule has 0 spiro atoms. The van der Waals surface area contributed by atoms with Crippen molar-refractivity contribution in [3.8, 4) is 0 Å². The molecule has 1 aromatic carbocycles. The van der Waals surface area contributed by atoms with E-state index < -0.39 is 11.8 Å². The van der Waals surface area contributed by atoms with Crippen molar-refractivity contribution in [2.75, 3.05) is 23.8 Å². The molecule has 2 N–H and O–H groups in total. The van der Waals surface area contributed by atoms with Gasteiger partial charge in [0, 0.05) is 30.9 Å². The van der Waals surface area contributed by atoms with Crippen LogP contribution in [0.1, 0.15) is 25.8 Å². The number of carbonyl (C=O) groups is 3. The molecular weight excluding hydrogens is 282 g/mol. The zero-order valence-corrected chi connectivity index (χ0v) is 13.1. The van der Waals surface area contributed by atoms with E-state index in [1.54, 1.807) is 17.0 Å². The normalized spacial score (nSPS) is 13.5. The maximum absolute atomic E-state index is 12.3. The number of amides is 3. The van der Waals surface area contributed by atoms with Crippen LogP contribution in [0.5, 0.6) is 0 Å². The van der Waals surface area contributed by atoms with E-state index in [0.717, 1.165) is 24.1 Å². The first-order valence-electron chi connectivity index (χ1n) is 7.41. The van der Waals surface area contributed by atoms with Gasteiger partial charge in [0.15, 0.2) is 0 Å². The molecule has 3 amide bonds. The molecule has 1 aliphatic rings. The zero-order valence-electron chi connectivity index (χ0n) is 13.1. The average molecular weight is 303 g/mol. The Hall–Kier alpha value is -2.37. The number of likely N-dealkylation sites (N-methyl/N-ethyl adjacent to an activating group) is 1. The van der Waals surface area contributed by atoms with Crippen LogP contribution in [0.15, 0.2) is 18.2 Å². The number of rotatable bonds is 2. The van der Waals surface area contributed by atoms with E-state index in [4.69, 9.17) is 0 Å². The highest BCUT2D eigenvalue weighted by Crippen LogP contribution is 2.31. The second-order valence-corrected chi connectivity index (χ2v) is 5.62. The number of benzene rings is 1. The minimum atomic E-state index is -0.722. The molecule has 1 heterocycles. The Labute approximate surface area is 129 Å². The standard InChI is InChI=1S/C16H21N3O3/c1-10(2)16(22)19-8-4-5-11-6-7-12(9-13(11)19)18-15(21)14(20)17-3/h6-7,9-10H,4-5,8H2,1-3H3,(H,17,20)(H,18,21). The molecular formula is C16H21N3O3. The summed E-state index contributed by atoms with van der Waals surface area (Å²) in [6, 6.07) is 5.41. The average Bonchev–Trinajstić information content (AvgIpc) is 2.52. The molecule has 6 heteroatoms. The van der Waals surface area contributed by atoms with Crippen molar-refractivity contribution in [1.29, 1.82) is 0 Å². The smallest absolute Gasteiger partial charge is 0.313 e. The fraction of sp³-hybridized carbons (Fsp3) is 0.438. The van der Waals surface area contributed by atoms with E-state index in [-0.39, 0.29) is 11.8 Å². The van der Waals surface area contributed by atoms with Crippen LogP contribution in [-0.2, 0) is 20.8 Å². The van der Waals surface area contributed by atoms with Crippen molar-refractivity contribution in [3.05, 3.63) is 23.8 Å². The molecule has 22 heavy (non-hydrogen) atoms. The fourth-order valence-corrected chi connectivity index (χ4v) is 2.49. The highest BCUT2D eigenvalue weighted by molar-refractivity contribution is 6.39. The number of nitrogens with zero attached hydrogens (tertiary/aromatic N) is 1. The second-order valence-electron chi connectivity index (χ2n) is 5.62. The maximum Gasteiger partial charge on any atom is 0.313 e. The molecule has 0 atom stereocenters. The first-order valence-corrected chi connectivity index (χ1v) is 7.41. The van der Waals surface area contributed by atoms with E-state index in [0.29, 0.717) is 12.2 Å². The van der Waals surface area contributed by atoms with Gasteiger partial charge in [-0.25, -0.2) is 0 Å². The molecule has 0 aromatic heterocycles. The quantitative estimate of drug-likeness (QED) is 0.809. The van der Waals surface area contributed by atoms with Gasteiger partial charge in [0.2, 0.25) is 5.91 Å². The van der Waals surface area contributed by atoms with Gasteiger partial charge in [-0.1, -0.05) is 19.9 Å². The highest BCUT2D eigenvalue weighted by atomic mass is 16.2. The molecule has 0 unspecified atom stereocenters. The Morgan fingerprint density at radius 2 is 1.91 bits per heavy atom. The lowest BCUT2D eigenvalue weighted by molar-refractivity contribution is -0.135. The molecule has 6 nitrogen and oxygen atoms in total. The molecule has 2 rings (SSSR count). The van der Waals surface area contributed by atoms with Crippen LogP contribution >= 0.6 is 0 Å². The molecule has 1 aliphatic heterocycles. The Bertz CT molecular complexity index is 611. The third kappa shape index (κ3) is 3.27. The number of hydrogen-bond donors (Lipinski definition) is 2. The van der Waals surface area contributed by atoms with Crippen LogP contribution in [0.4, 0.5) is 11.4 Å². The lowest BCUT2D eigenvalue weighted by atomic mass is 9.99. The van der Waals surface area contributed by atoms with Gasteiger partial charge < -0.3 is 15.5 Å². The van der Waals surface area contributed by atoms with Gasteiger partial charge in [-0.15, -0.1) is 0 Å². The van der Waals surface area contributed by atoms with Crippen molar-refractivity contribution < 1.29 is 14.4 Å². The van der Waals surface area contributed by atoms with Crippen LogP contribution < -0.4 is 15.5 Å². The van der Waals surface area contributed by atoms with Gasteiger partial charge in [0.05, 0.1) is 0 Å². The van der Waals surface area contributed by atoms with Crippen LogP contribution in [-0.4, -0.2) is 31.3 Å². The number of fused-ring (bicyclic) bond motifs is 1. The summed E-state index contributed by atoms with van der Waals surface area (Å²) in [5.74, 6) is -1.45. The van der Waals surface area contributed by atoms with Crippen molar-refractivity contribution in [2.45, 2.75) is 26.7 Å². The highest BCUT2D eigenvalue weighted by Gasteiger charge is 2.25. The number of aryl methyl sites for hydroxylation is 1. The fourth-order valence-electron chi connectivity index (χ4n) is 2.49. The number of carbonyl (C=O) groups excluding carboxylic acids is 3. The van der Waals surface area contributed by atoms with Crippen LogP contribution in [0, 0.1) is 5.92 Å². The lowest BCUT2D eigenvalue weighted by Gasteiger charge is -2.31. The second kappa shape index (κ2) is 6.60. The van der Waals surface area contributed by atoms with Crippen LogP contribution in [0.25, 0.3) is 0 Å². The summed E-state index contributed by atoms with van der Waals surface area (Å²) in [5.41, 5.74) is 2.41. The van der Waals surface area contributed by atoms with Gasteiger partial charge in [0.25, 0.3) is 0 Å². The lowest BCUT2D eigenvalue weighted by Crippen LogP contribution is -2.38. The predicted octanol–water partition coefficient (Wildman–Crippen LogP) is 1.31. The van der Waals surface area contributed by atoms with Gasteiger partial charge >= 0.3 is 11.8 Å². The van der Waals surface area contributed by atoms with Gasteiger partial charge in [-0.2, -0.15) is 0 Å². The van der Waals surface area contributed by atoms with Crippen LogP contribution in [0.2, 0.25) is 0 Å².